The molecule has 0 bridgehead atoms. The first-order valence-electron chi connectivity index (χ1n) is 9.32. The summed E-state index contributed by atoms with van der Waals surface area (Å²) in [7, 11) is 0. The van der Waals surface area contributed by atoms with Crippen LogP contribution in [0.4, 0.5) is 0 Å². The minimum Gasteiger partial charge on any atom is -0.393 e. The Morgan fingerprint density at radius 2 is 2.00 bits per heavy atom. The molecular formula is C22H23N3O2. The Kier molecular flexibility index (Phi) is 4.62. The number of aryl methyl sites for hydroxylation is 2. The molecule has 1 aliphatic carbocycles. The fraction of sp³-hybridized carbons (Fsp3) is 0.318. The molecule has 138 valence electrons. The SMILES string of the molecule is Cc1nc2ncccc2cc1CCC(=O)NC1(c2ccccc2)CC(O)C1. The molecular weight excluding hydrogens is 338 g/mol. The van der Waals surface area contributed by atoms with Gasteiger partial charge in [0.15, 0.2) is 5.65 Å². The van der Waals surface area contributed by atoms with Crippen molar-refractivity contribution in [1.82, 2.24) is 15.3 Å². The predicted molar refractivity (Wildman–Crippen MR) is 104 cm³/mol. The number of hydrogen-bond acceptors (Lipinski definition) is 4. The van der Waals surface area contributed by atoms with Crippen LogP contribution < -0.4 is 5.32 Å². The summed E-state index contributed by atoms with van der Waals surface area (Å²) in [4.78, 5) is 21.5. The maximum absolute atomic E-state index is 12.7. The molecule has 0 unspecified atom stereocenters. The van der Waals surface area contributed by atoms with Gasteiger partial charge in [-0.3, -0.25) is 4.79 Å². The Bertz CT molecular complexity index is 966. The molecule has 1 amide bonds. The van der Waals surface area contributed by atoms with Gasteiger partial charge in [0.05, 0.1) is 11.6 Å². The second-order valence-electron chi connectivity index (χ2n) is 7.34. The summed E-state index contributed by atoms with van der Waals surface area (Å²) in [5.41, 5.74) is 3.31. The minimum absolute atomic E-state index is 0.00330. The maximum Gasteiger partial charge on any atom is 0.221 e. The highest BCUT2D eigenvalue weighted by Crippen LogP contribution is 2.41. The topological polar surface area (TPSA) is 75.1 Å². The van der Waals surface area contributed by atoms with Gasteiger partial charge in [-0.05, 0) is 42.7 Å². The second kappa shape index (κ2) is 7.08. The molecule has 4 rings (SSSR count). The molecule has 2 aromatic heterocycles. The molecule has 2 heterocycles. The lowest BCUT2D eigenvalue weighted by Gasteiger charge is -2.46. The zero-order chi connectivity index (χ0) is 18.9. The monoisotopic (exact) mass is 361 g/mol. The van der Waals surface area contributed by atoms with Crippen molar-refractivity contribution in [1.29, 1.82) is 0 Å². The number of hydrogen-bond donors (Lipinski definition) is 2. The third-order valence-corrected chi connectivity index (χ3v) is 5.38. The third kappa shape index (κ3) is 3.55. The number of pyridine rings is 2. The van der Waals surface area contributed by atoms with Gasteiger partial charge in [0, 0.05) is 36.5 Å². The summed E-state index contributed by atoms with van der Waals surface area (Å²) in [5, 5.41) is 14.0. The third-order valence-electron chi connectivity index (χ3n) is 5.38. The molecule has 0 radical (unpaired) electrons. The zero-order valence-electron chi connectivity index (χ0n) is 15.4. The van der Waals surface area contributed by atoms with E-state index in [1.165, 1.54) is 0 Å². The highest BCUT2D eigenvalue weighted by atomic mass is 16.3. The van der Waals surface area contributed by atoms with Crippen LogP contribution >= 0.6 is 0 Å². The number of aromatic nitrogens is 2. The Labute approximate surface area is 158 Å². The molecule has 0 atom stereocenters. The van der Waals surface area contributed by atoms with E-state index >= 15 is 0 Å². The number of aliphatic hydroxyl groups is 1. The van der Waals surface area contributed by atoms with Gasteiger partial charge in [0.25, 0.3) is 0 Å². The molecule has 0 aliphatic heterocycles. The normalized spacial score (nSPS) is 21.6. The van der Waals surface area contributed by atoms with Crippen molar-refractivity contribution in [3.05, 3.63) is 71.5 Å². The molecule has 1 fully saturated rings. The van der Waals surface area contributed by atoms with Crippen molar-refractivity contribution in [2.24, 2.45) is 0 Å². The number of nitrogens with one attached hydrogen (secondary N) is 1. The summed E-state index contributed by atoms with van der Waals surface area (Å²) in [6, 6.07) is 15.8. The van der Waals surface area contributed by atoms with E-state index in [1.807, 2.05) is 49.4 Å². The van der Waals surface area contributed by atoms with E-state index in [1.54, 1.807) is 6.20 Å². The van der Waals surface area contributed by atoms with Gasteiger partial charge >= 0.3 is 0 Å². The van der Waals surface area contributed by atoms with Crippen LogP contribution in [0.25, 0.3) is 11.0 Å². The number of aliphatic hydroxyl groups excluding tert-OH is 1. The van der Waals surface area contributed by atoms with Crippen molar-refractivity contribution in [2.45, 2.75) is 44.2 Å². The molecule has 0 saturated heterocycles. The van der Waals surface area contributed by atoms with Crippen LogP contribution in [0.1, 0.15) is 36.1 Å². The average molecular weight is 361 g/mol. The Morgan fingerprint density at radius 3 is 2.74 bits per heavy atom. The predicted octanol–water partition coefficient (Wildman–Crippen LogP) is 3.04. The van der Waals surface area contributed by atoms with Gasteiger partial charge in [0.1, 0.15) is 0 Å². The first-order chi connectivity index (χ1) is 13.1. The average Bonchev–Trinajstić information content (AvgIpc) is 2.65. The standard InChI is InChI=1S/C22H23N3O2/c1-15-16(12-17-6-5-11-23-21(17)24-15)9-10-20(27)25-22(13-19(26)14-22)18-7-3-2-4-8-18/h2-8,11-12,19,26H,9-10,13-14H2,1H3,(H,25,27). The molecule has 27 heavy (non-hydrogen) atoms. The minimum atomic E-state index is -0.446. The highest BCUT2D eigenvalue weighted by Gasteiger charge is 2.45. The van der Waals surface area contributed by atoms with Gasteiger partial charge in [-0.1, -0.05) is 30.3 Å². The van der Waals surface area contributed by atoms with Gasteiger partial charge in [-0.25, -0.2) is 9.97 Å². The highest BCUT2D eigenvalue weighted by molar-refractivity contribution is 5.78. The number of carbonyl (C=O) groups is 1. The smallest absolute Gasteiger partial charge is 0.221 e. The summed E-state index contributed by atoms with van der Waals surface area (Å²) < 4.78 is 0. The summed E-state index contributed by atoms with van der Waals surface area (Å²) in [6.07, 6.45) is 3.51. The number of carbonyl (C=O) groups excluding carboxylic acids is 1. The van der Waals surface area contributed by atoms with Gasteiger partial charge in [-0.15, -0.1) is 0 Å². The van der Waals surface area contributed by atoms with Crippen molar-refractivity contribution < 1.29 is 9.90 Å². The Balaban J connectivity index is 1.46. The van der Waals surface area contributed by atoms with E-state index in [4.69, 9.17) is 0 Å². The fourth-order valence-corrected chi connectivity index (χ4v) is 3.88. The van der Waals surface area contributed by atoms with Crippen molar-refractivity contribution in [2.75, 3.05) is 0 Å². The molecule has 5 heteroatoms. The van der Waals surface area contributed by atoms with Crippen LogP contribution in [0.15, 0.2) is 54.7 Å². The lowest BCUT2D eigenvalue weighted by atomic mass is 9.69. The van der Waals surface area contributed by atoms with E-state index < -0.39 is 5.54 Å². The summed E-state index contributed by atoms with van der Waals surface area (Å²) in [5.74, 6) is -0.00330. The van der Waals surface area contributed by atoms with Crippen LogP contribution in [0.5, 0.6) is 0 Å². The van der Waals surface area contributed by atoms with Gasteiger partial charge < -0.3 is 10.4 Å². The largest absolute Gasteiger partial charge is 0.393 e. The van der Waals surface area contributed by atoms with E-state index in [9.17, 15) is 9.90 Å². The van der Waals surface area contributed by atoms with Crippen LogP contribution in [0.2, 0.25) is 0 Å². The summed E-state index contributed by atoms with van der Waals surface area (Å²) in [6.45, 7) is 1.95. The van der Waals surface area contributed by atoms with Crippen LogP contribution in [-0.4, -0.2) is 27.1 Å². The number of rotatable bonds is 5. The molecule has 0 spiro atoms. The van der Waals surface area contributed by atoms with E-state index in [0.717, 1.165) is 27.9 Å². The van der Waals surface area contributed by atoms with Crippen LogP contribution in [0, 0.1) is 6.92 Å². The van der Waals surface area contributed by atoms with E-state index in [-0.39, 0.29) is 12.0 Å². The second-order valence-corrected chi connectivity index (χ2v) is 7.34. The van der Waals surface area contributed by atoms with Crippen molar-refractivity contribution in [3.8, 4) is 0 Å². The Hall–Kier alpha value is -2.79. The zero-order valence-corrected chi connectivity index (χ0v) is 15.4. The number of benzene rings is 1. The first-order valence-corrected chi connectivity index (χ1v) is 9.32. The van der Waals surface area contributed by atoms with Crippen molar-refractivity contribution >= 4 is 16.9 Å². The maximum atomic E-state index is 12.7. The molecule has 3 aromatic rings. The van der Waals surface area contributed by atoms with Gasteiger partial charge in [-0.2, -0.15) is 0 Å². The lowest BCUT2D eigenvalue weighted by Crippen LogP contribution is -2.56. The number of fused-ring (bicyclic) bond motifs is 1. The lowest BCUT2D eigenvalue weighted by molar-refractivity contribution is -0.126. The van der Waals surface area contributed by atoms with E-state index in [2.05, 4.69) is 21.4 Å². The quantitative estimate of drug-likeness (QED) is 0.732. The number of nitrogens with zero attached hydrogens (tertiary/aromatic N) is 2. The van der Waals surface area contributed by atoms with Crippen LogP contribution in [0.3, 0.4) is 0 Å². The molecule has 1 aliphatic rings. The van der Waals surface area contributed by atoms with Crippen LogP contribution in [-0.2, 0) is 16.8 Å². The molecule has 5 nitrogen and oxygen atoms in total. The van der Waals surface area contributed by atoms with Crippen molar-refractivity contribution in [3.63, 3.8) is 0 Å². The fourth-order valence-electron chi connectivity index (χ4n) is 3.88. The van der Waals surface area contributed by atoms with Gasteiger partial charge in [0.2, 0.25) is 5.91 Å². The van der Waals surface area contributed by atoms with E-state index in [0.29, 0.717) is 25.7 Å². The molecule has 1 aromatic carbocycles. The number of amides is 1. The first kappa shape index (κ1) is 17.6. The Morgan fingerprint density at radius 1 is 1.22 bits per heavy atom. The molecule has 2 N–H and O–H groups in total. The summed E-state index contributed by atoms with van der Waals surface area (Å²) >= 11 is 0. The molecule has 1 saturated carbocycles.